The zero-order valence-corrected chi connectivity index (χ0v) is 13.6. The van der Waals surface area contributed by atoms with Crippen molar-refractivity contribution in [1.29, 1.82) is 0 Å². The number of carbonyl (C=O) groups is 1. The molecule has 1 aliphatic heterocycles. The number of rotatable bonds is 7. The highest BCUT2D eigenvalue weighted by Crippen LogP contribution is 2.11. The predicted octanol–water partition coefficient (Wildman–Crippen LogP) is 2.46. The van der Waals surface area contributed by atoms with Crippen LogP contribution in [0.3, 0.4) is 0 Å². The maximum absolute atomic E-state index is 12.8. The van der Waals surface area contributed by atoms with Crippen LogP contribution in [-0.2, 0) is 9.53 Å². The molecule has 5 heteroatoms. The number of carbonyl (C=O) groups excluding carboxylic acids is 1. The molecule has 4 nitrogen and oxygen atoms in total. The Labute approximate surface area is 137 Å². The number of methoxy groups -OCH3 is 1. The number of benzene rings is 1. The van der Waals surface area contributed by atoms with E-state index in [1.165, 1.54) is 18.2 Å². The van der Waals surface area contributed by atoms with Crippen molar-refractivity contribution >= 4 is 12.0 Å². The monoisotopic (exact) mass is 320 g/mol. The zero-order valence-electron chi connectivity index (χ0n) is 13.6. The Hall–Kier alpha value is -1.72. The van der Waals surface area contributed by atoms with Gasteiger partial charge in [0.1, 0.15) is 5.82 Å². The molecule has 2 rings (SSSR count). The zero-order chi connectivity index (χ0) is 16.5. The molecule has 0 aliphatic carbocycles. The van der Waals surface area contributed by atoms with Crippen LogP contribution < -0.4 is 5.32 Å². The average molecular weight is 320 g/mol. The van der Waals surface area contributed by atoms with Gasteiger partial charge in [0.2, 0.25) is 5.91 Å². The number of halogens is 1. The number of nitrogens with zero attached hydrogens (tertiary/aromatic N) is 1. The molecule has 1 fully saturated rings. The second-order valence-corrected chi connectivity index (χ2v) is 5.86. The molecule has 1 N–H and O–H groups in total. The maximum atomic E-state index is 12.8. The molecule has 1 amide bonds. The molecule has 0 unspecified atom stereocenters. The Morgan fingerprint density at radius 3 is 2.70 bits per heavy atom. The van der Waals surface area contributed by atoms with E-state index in [2.05, 4.69) is 10.2 Å². The van der Waals surface area contributed by atoms with Gasteiger partial charge < -0.3 is 15.0 Å². The highest BCUT2D eigenvalue weighted by Gasteiger charge is 2.19. The lowest BCUT2D eigenvalue weighted by Gasteiger charge is -2.32. The molecule has 1 aromatic carbocycles. The van der Waals surface area contributed by atoms with E-state index in [1.807, 2.05) is 0 Å². The third-order valence-electron chi connectivity index (χ3n) is 4.05. The molecule has 0 saturated carbocycles. The number of ether oxygens (including phenoxy) is 1. The summed E-state index contributed by atoms with van der Waals surface area (Å²) in [5.74, 6) is -0.365. The second-order valence-electron chi connectivity index (χ2n) is 5.86. The van der Waals surface area contributed by atoms with E-state index in [9.17, 15) is 9.18 Å². The summed E-state index contributed by atoms with van der Waals surface area (Å²) >= 11 is 0. The smallest absolute Gasteiger partial charge is 0.244 e. The summed E-state index contributed by atoms with van der Waals surface area (Å²) in [5.41, 5.74) is 0.814. The maximum Gasteiger partial charge on any atom is 0.244 e. The van der Waals surface area contributed by atoms with Crippen LogP contribution in [0.5, 0.6) is 0 Å². The van der Waals surface area contributed by atoms with Crippen molar-refractivity contribution < 1.29 is 13.9 Å². The van der Waals surface area contributed by atoms with E-state index in [-0.39, 0.29) is 17.8 Å². The van der Waals surface area contributed by atoms with Crippen LogP contribution >= 0.6 is 0 Å². The molecule has 1 aromatic rings. The molecule has 0 atom stereocenters. The summed E-state index contributed by atoms with van der Waals surface area (Å²) in [6.07, 6.45) is 6.22. The minimum absolute atomic E-state index is 0.0906. The van der Waals surface area contributed by atoms with Gasteiger partial charge in [0.25, 0.3) is 0 Å². The fourth-order valence-corrected chi connectivity index (χ4v) is 2.73. The van der Waals surface area contributed by atoms with Crippen molar-refractivity contribution in [2.45, 2.75) is 25.3 Å². The number of likely N-dealkylation sites (tertiary alicyclic amines) is 1. The lowest BCUT2D eigenvalue weighted by Crippen LogP contribution is -2.44. The first-order chi connectivity index (χ1) is 11.2. The molecule has 23 heavy (non-hydrogen) atoms. The van der Waals surface area contributed by atoms with Crippen LogP contribution in [0.4, 0.5) is 4.39 Å². The number of hydrogen-bond donors (Lipinski definition) is 1. The number of piperidine rings is 1. The molecule has 1 saturated heterocycles. The highest BCUT2D eigenvalue weighted by molar-refractivity contribution is 5.91. The lowest BCUT2D eigenvalue weighted by atomic mass is 10.0. The summed E-state index contributed by atoms with van der Waals surface area (Å²) in [7, 11) is 1.72. The molecule has 0 bridgehead atoms. The van der Waals surface area contributed by atoms with Crippen LogP contribution in [0.2, 0.25) is 0 Å². The van der Waals surface area contributed by atoms with E-state index in [0.29, 0.717) is 0 Å². The molecule has 1 aliphatic rings. The largest absolute Gasteiger partial charge is 0.385 e. The van der Waals surface area contributed by atoms with Gasteiger partial charge in [-0.25, -0.2) is 4.39 Å². The fraction of sp³-hybridized carbons (Fsp3) is 0.500. The summed E-state index contributed by atoms with van der Waals surface area (Å²) in [6, 6.07) is 6.31. The molecular formula is C18H25FN2O2. The van der Waals surface area contributed by atoms with Crippen molar-refractivity contribution in [3.05, 3.63) is 41.7 Å². The Morgan fingerprint density at radius 1 is 1.35 bits per heavy atom. The standard InChI is InChI=1S/C18H25FN2O2/c1-23-14-2-11-21-12-9-17(10-13-21)20-18(22)8-5-15-3-6-16(19)7-4-15/h3-8,17H,2,9-14H2,1H3,(H,20,22)/b8-5+. The fourth-order valence-electron chi connectivity index (χ4n) is 2.73. The van der Waals surface area contributed by atoms with Gasteiger partial charge in [-0.15, -0.1) is 0 Å². The van der Waals surface area contributed by atoms with E-state index < -0.39 is 0 Å². The van der Waals surface area contributed by atoms with Crippen molar-refractivity contribution in [1.82, 2.24) is 10.2 Å². The van der Waals surface area contributed by atoms with E-state index >= 15 is 0 Å². The second kappa shape index (κ2) is 9.43. The van der Waals surface area contributed by atoms with Crippen LogP contribution in [-0.4, -0.2) is 50.2 Å². The first-order valence-electron chi connectivity index (χ1n) is 8.13. The van der Waals surface area contributed by atoms with E-state index in [0.717, 1.165) is 51.1 Å². The van der Waals surface area contributed by atoms with Gasteiger partial charge in [0.15, 0.2) is 0 Å². The Bertz CT molecular complexity index is 508. The molecule has 0 radical (unpaired) electrons. The van der Waals surface area contributed by atoms with Gasteiger partial charge in [-0.2, -0.15) is 0 Å². The van der Waals surface area contributed by atoms with Gasteiger partial charge in [0, 0.05) is 45.5 Å². The summed E-state index contributed by atoms with van der Waals surface area (Å²) in [6.45, 7) is 3.87. The SMILES string of the molecule is COCCCN1CCC(NC(=O)/C=C/c2ccc(F)cc2)CC1. The first-order valence-corrected chi connectivity index (χ1v) is 8.13. The Kier molecular flexibility index (Phi) is 7.23. The lowest BCUT2D eigenvalue weighted by molar-refractivity contribution is -0.117. The van der Waals surface area contributed by atoms with Crippen LogP contribution in [0.15, 0.2) is 30.3 Å². The van der Waals surface area contributed by atoms with Crippen molar-refractivity contribution in [2.24, 2.45) is 0 Å². The number of hydrogen-bond acceptors (Lipinski definition) is 3. The van der Waals surface area contributed by atoms with Crippen LogP contribution in [0.25, 0.3) is 6.08 Å². The van der Waals surface area contributed by atoms with E-state index in [1.54, 1.807) is 25.3 Å². The third-order valence-corrected chi connectivity index (χ3v) is 4.05. The van der Waals surface area contributed by atoms with Crippen LogP contribution in [0.1, 0.15) is 24.8 Å². The van der Waals surface area contributed by atoms with Crippen molar-refractivity contribution in [2.75, 3.05) is 33.4 Å². The molecule has 0 aromatic heterocycles. The predicted molar refractivity (Wildman–Crippen MR) is 89.5 cm³/mol. The van der Waals surface area contributed by atoms with Crippen LogP contribution in [0, 0.1) is 5.82 Å². The van der Waals surface area contributed by atoms with Gasteiger partial charge >= 0.3 is 0 Å². The molecule has 0 spiro atoms. The van der Waals surface area contributed by atoms with Gasteiger partial charge in [-0.3, -0.25) is 4.79 Å². The first kappa shape index (κ1) is 17.6. The van der Waals surface area contributed by atoms with Crippen molar-refractivity contribution in [3.63, 3.8) is 0 Å². The van der Waals surface area contributed by atoms with Gasteiger partial charge in [0.05, 0.1) is 0 Å². The highest BCUT2D eigenvalue weighted by atomic mass is 19.1. The number of amides is 1. The molecular weight excluding hydrogens is 295 g/mol. The summed E-state index contributed by atoms with van der Waals surface area (Å²) in [4.78, 5) is 14.4. The van der Waals surface area contributed by atoms with Crippen molar-refractivity contribution in [3.8, 4) is 0 Å². The molecule has 1 heterocycles. The average Bonchev–Trinajstić information content (AvgIpc) is 2.56. The van der Waals surface area contributed by atoms with Gasteiger partial charge in [-0.05, 0) is 43.0 Å². The minimum atomic E-state index is -0.274. The number of nitrogens with one attached hydrogen (secondary N) is 1. The minimum Gasteiger partial charge on any atom is -0.385 e. The Balaban J connectivity index is 1.69. The summed E-state index contributed by atoms with van der Waals surface area (Å²) in [5, 5.41) is 3.04. The molecule has 126 valence electrons. The topological polar surface area (TPSA) is 41.6 Å². The quantitative estimate of drug-likeness (QED) is 0.620. The summed E-state index contributed by atoms with van der Waals surface area (Å²) < 4.78 is 17.9. The van der Waals surface area contributed by atoms with Gasteiger partial charge in [-0.1, -0.05) is 12.1 Å². The third kappa shape index (κ3) is 6.50. The Morgan fingerprint density at radius 2 is 2.04 bits per heavy atom. The normalized spacial score (nSPS) is 16.8. The van der Waals surface area contributed by atoms with E-state index in [4.69, 9.17) is 4.74 Å².